The molecule has 1 heterocycles. The Morgan fingerprint density at radius 3 is 2.58 bits per heavy atom. The third kappa shape index (κ3) is 6.23. The molecule has 0 radical (unpaired) electrons. The largest absolute Gasteiger partial charge is 0.483 e. The fourth-order valence-electron chi connectivity index (χ4n) is 2.92. The second-order valence-corrected chi connectivity index (χ2v) is 8.72. The van der Waals surface area contributed by atoms with Crippen LogP contribution in [0.2, 0.25) is 0 Å². The van der Waals surface area contributed by atoms with E-state index in [9.17, 15) is 19.2 Å². The summed E-state index contributed by atoms with van der Waals surface area (Å²) in [5, 5.41) is 2.20. The van der Waals surface area contributed by atoms with E-state index in [-0.39, 0.29) is 24.0 Å². The first-order chi connectivity index (χ1) is 15.8. The maximum absolute atomic E-state index is 12.7. The fourth-order valence-corrected chi connectivity index (χ4v) is 4.34. The van der Waals surface area contributed by atoms with E-state index in [1.807, 2.05) is 18.2 Å². The summed E-state index contributed by atoms with van der Waals surface area (Å²) in [6.07, 6.45) is 1.55. The minimum Gasteiger partial charge on any atom is -0.483 e. The molecular weight excluding hydrogens is 512 g/mol. The molecule has 172 valence electrons. The van der Waals surface area contributed by atoms with Crippen LogP contribution in [0, 0.1) is 0 Å². The highest BCUT2D eigenvalue weighted by Gasteiger charge is 2.41. The monoisotopic (exact) mass is 532 g/mol. The fraction of sp³-hybridized carbons (Fsp3) is 0.217. The second kappa shape index (κ2) is 11.2. The molecule has 1 saturated heterocycles. The van der Waals surface area contributed by atoms with E-state index in [1.54, 1.807) is 43.3 Å². The molecule has 1 fully saturated rings. The molecule has 0 spiro atoms. The Balaban J connectivity index is 1.64. The third-order valence-electron chi connectivity index (χ3n) is 4.51. The Morgan fingerprint density at radius 2 is 1.91 bits per heavy atom. The highest BCUT2D eigenvalue weighted by Crippen LogP contribution is 2.35. The molecule has 3 amide bonds. The Hall–Kier alpha value is -3.11. The average Bonchev–Trinajstić information content (AvgIpc) is 3.06. The number of halogens is 1. The van der Waals surface area contributed by atoms with Crippen LogP contribution in [-0.4, -0.2) is 47.2 Å². The number of esters is 1. The van der Waals surface area contributed by atoms with Crippen molar-refractivity contribution in [2.45, 2.75) is 19.9 Å². The van der Waals surface area contributed by atoms with E-state index in [0.717, 1.165) is 16.7 Å². The molecule has 1 aliphatic heterocycles. The molecule has 1 atom stereocenters. The summed E-state index contributed by atoms with van der Waals surface area (Å²) in [6.45, 7) is 3.08. The van der Waals surface area contributed by atoms with Crippen molar-refractivity contribution in [2.24, 2.45) is 0 Å². The first-order valence-electron chi connectivity index (χ1n) is 10.0. The number of carbonyl (C=O) groups excluding carboxylic acids is 4. The predicted octanol–water partition coefficient (Wildman–Crippen LogP) is 4.45. The van der Waals surface area contributed by atoms with Crippen LogP contribution < -0.4 is 10.1 Å². The molecule has 0 aliphatic carbocycles. The van der Waals surface area contributed by atoms with Crippen molar-refractivity contribution < 1.29 is 28.7 Å². The normalized spacial score (nSPS) is 15.5. The standard InChI is InChI=1S/C23H21BrN2O6S/c1-3-31-22(29)14(2)26-21(28)19(33-23(26)30)12-15-9-10-18(17(24)11-15)32-13-20(27)25-16-7-5-4-6-8-16/h4-12,14H,3,13H2,1-2H3,(H,25,27)/b19-12+. The smallest absolute Gasteiger partial charge is 0.329 e. The molecule has 8 nitrogen and oxygen atoms in total. The number of carbonyl (C=O) groups is 4. The van der Waals surface area contributed by atoms with Gasteiger partial charge in [-0.25, -0.2) is 4.79 Å². The Labute approximate surface area is 203 Å². The number of amides is 3. The Kier molecular flexibility index (Phi) is 8.29. The van der Waals surface area contributed by atoms with Gasteiger partial charge in [-0.3, -0.25) is 19.3 Å². The molecule has 2 aromatic carbocycles. The molecule has 1 N–H and O–H groups in total. The molecule has 10 heteroatoms. The zero-order valence-electron chi connectivity index (χ0n) is 17.9. The van der Waals surface area contributed by atoms with E-state index in [1.165, 1.54) is 6.92 Å². The van der Waals surface area contributed by atoms with Gasteiger partial charge in [0, 0.05) is 5.69 Å². The van der Waals surface area contributed by atoms with E-state index in [4.69, 9.17) is 9.47 Å². The van der Waals surface area contributed by atoms with E-state index < -0.39 is 23.2 Å². The molecule has 2 aromatic rings. The van der Waals surface area contributed by atoms with Crippen LogP contribution >= 0.6 is 27.7 Å². The molecule has 1 unspecified atom stereocenters. The second-order valence-electron chi connectivity index (χ2n) is 6.87. The van der Waals surface area contributed by atoms with Crippen molar-refractivity contribution in [1.82, 2.24) is 4.90 Å². The zero-order valence-corrected chi connectivity index (χ0v) is 20.3. The van der Waals surface area contributed by atoms with Crippen LogP contribution in [0.3, 0.4) is 0 Å². The van der Waals surface area contributed by atoms with Crippen LogP contribution in [0.15, 0.2) is 57.9 Å². The number of nitrogens with one attached hydrogen (secondary N) is 1. The van der Waals surface area contributed by atoms with Crippen molar-refractivity contribution >= 4 is 62.5 Å². The lowest BCUT2D eigenvalue weighted by atomic mass is 10.2. The number of thioether (sulfide) groups is 1. The molecule has 1 aliphatic rings. The number of hydrogen-bond donors (Lipinski definition) is 1. The number of anilines is 1. The number of benzene rings is 2. The lowest BCUT2D eigenvalue weighted by molar-refractivity contribution is -0.150. The summed E-state index contributed by atoms with van der Waals surface area (Å²) >= 11 is 4.15. The summed E-state index contributed by atoms with van der Waals surface area (Å²) < 4.78 is 11.0. The summed E-state index contributed by atoms with van der Waals surface area (Å²) in [4.78, 5) is 50.1. The first-order valence-corrected chi connectivity index (χ1v) is 11.6. The molecule has 0 aromatic heterocycles. The van der Waals surface area contributed by atoms with Crippen molar-refractivity contribution in [3.05, 3.63) is 63.5 Å². The zero-order chi connectivity index (χ0) is 24.0. The van der Waals surface area contributed by atoms with Gasteiger partial charge in [0.2, 0.25) is 0 Å². The topological polar surface area (TPSA) is 102 Å². The maximum Gasteiger partial charge on any atom is 0.329 e. The highest BCUT2D eigenvalue weighted by atomic mass is 79.9. The molecule has 0 saturated carbocycles. The van der Waals surface area contributed by atoms with E-state index in [0.29, 0.717) is 21.5 Å². The summed E-state index contributed by atoms with van der Waals surface area (Å²) in [5.41, 5.74) is 1.31. The van der Waals surface area contributed by atoms with Gasteiger partial charge >= 0.3 is 5.97 Å². The average molecular weight is 533 g/mol. The Bertz CT molecular complexity index is 1110. The maximum atomic E-state index is 12.7. The quantitative estimate of drug-likeness (QED) is 0.395. The van der Waals surface area contributed by atoms with Crippen LogP contribution in [0.1, 0.15) is 19.4 Å². The van der Waals surface area contributed by atoms with Crippen molar-refractivity contribution in [3.8, 4) is 5.75 Å². The summed E-state index contributed by atoms with van der Waals surface area (Å²) in [7, 11) is 0. The number of hydrogen-bond acceptors (Lipinski definition) is 7. The lowest BCUT2D eigenvalue weighted by Crippen LogP contribution is -2.42. The van der Waals surface area contributed by atoms with Gasteiger partial charge in [0.1, 0.15) is 11.8 Å². The van der Waals surface area contributed by atoms with E-state index in [2.05, 4.69) is 21.2 Å². The number of imide groups is 1. The SMILES string of the molecule is CCOC(=O)C(C)N1C(=O)S/C(=C/c2ccc(OCC(=O)Nc3ccccc3)c(Br)c2)C1=O. The third-order valence-corrected chi connectivity index (χ3v) is 6.01. The highest BCUT2D eigenvalue weighted by molar-refractivity contribution is 9.10. The molecule has 33 heavy (non-hydrogen) atoms. The van der Waals surface area contributed by atoms with Crippen LogP contribution in [0.4, 0.5) is 10.5 Å². The Morgan fingerprint density at radius 1 is 1.18 bits per heavy atom. The number of rotatable bonds is 8. The predicted molar refractivity (Wildman–Crippen MR) is 129 cm³/mol. The first kappa shape index (κ1) is 24.5. The van der Waals surface area contributed by atoms with Crippen molar-refractivity contribution in [3.63, 3.8) is 0 Å². The number of nitrogens with zero attached hydrogens (tertiary/aromatic N) is 1. The van der Waals surface area contributed by atoms with Crippen molar-refractivity contribution in [2.75, 3.05) is 18.5 Å². The van der Waals surface area contributed by atoms with Gasteiger partial charge in [0.15, 0.2) is 6.61 Å². The minimum absolute atomic E-state index is 0.158. The molecule has 3 rings (SSSR count). The van der Waals surface area contributed by atoms with Gasteiger partial charge in [-0.2, -0.15) is 0 Å². The number of para-hydroxylation sites is 1. The number of ether oxygens (including phenoxy) is 2. The van der Waals surface area contributed by atoms with Gasteiger partial charge in [0.05, 0.1) is 16.0 Å². The summed E-state index contributed by atoms with van der Waals surface area (Å²) in [6, 6.07) is 13.1. The van der Waals surface area contributed by atoms with Gasteiger partial charge < -0.3 is 14.8 Å². The van der Waals surface area contributed by atoms with Gasteiger partial charge in [0.25, 0.3) is 17.1 Å². The summed E-state index contributed by atoms with van der Waals surface area (Å²) in [5.74, 6) is -1.05. The molecular formula is C23H21BrN2O6S. The van der Waals surface area contributed by atoms with Crippen LogP contribution in [0.5, 0.6) is 5.75 Å². The van der Waals surface area contributed by atoms with Gasteiger partial charge in [-0.1, -0.05) is 24.3 Å². The molecule has 0 bridgehead atoms. The minimum atomic E-state index is -1.01. The lowest BCUT2D eigenvalue weighted by Gasteiger charge is -2.19. The van der Waals surface area contributed by atoms with Gasteiger partial charge in [-0.15, -0.1) is 0 Å². The van der Waals surface area contributed by atoms with Crippen molar-refractivity contribution in [1.29, 1.82) is 0 Å². The van der Waals surface area contributed by atoms with Crippen LogP contribution in [0.25, 0.3) is 6.08 Å². The van der Waals surface area contributed by atoms with Gasteiger partial charge in [-0.05, 0) is 77.4 Å². The van der Waals surface area contributed by atoms with Crippen LogP contribution in [-0.2, 0) is 19.1 Å². The van der Waals surface area contributed by atoms with E-state index >= 15 is 0 Å².